The molecule has 1 atom stereocenters. The standard InChI is InChI=1S/C14H16N2O5/c17-13(15-9-14(18)7-8-21-10-14)6-3-11-1-4-12(5-2-11)16(19)20/h1-6,18H,7-10H2,(H,15,17)/b6-3+. The molecule has 2 rings (SSSR count). The van der Waals surface area contributed by atoms with Crippen LogP contribution < -0.4 is 5.32 Å². The van der Waals surface area contributed by atoms with Gasteiger partial charge in [-0.25, -0.2) is 0 Å². The summed E-state index contributed by atoms with van der Waals surface area (Å²) < 4.78 is 5.08. The van der Waals surface area contributed by atoms with E-state index in [1.807, 2.05) is 0 Å². The Morgan fingerprint density at radius 3 is 2.76 bits per heavy atom. The summed E-state index contributed by atoms with van der Waals surface area (Å²) in [6.45, 7) is 0.848. The third kappa shape index (κ3) is 4.37. The van der Waals surface area contributed by atoms with Crippen LogP contribution in [0.3, 0.4) is 0 Å². The van der Waals surface area contributed by atoms with Crippen molar-refractivity contribution in [2.45, 2.75) is 12.0 Å². The molecule has 1 amide bonds. The van der Waals surface area contributed by atoms with Gasteiger partial charge in [0.2, 0.25) is 5.91 Å². The summed E-state index contributed by atoms with van der Waals surface area (Å²) in [5.74, 6) is -0.339. The highest BCUT2D eigenvalue weighted by atomic mass is 16.6. The van der Waals surface area contributed by atoms with Crippen LogP contribution in [0.5, 0.6) is 0 Å². The van der Waals surface area contributed by atoms with Crippen molar-refractivity contribution in [2.75, 3.05) is 19.8 Å². The van der Waals surface area contributed by atoms with Crippen LogP contribution >= 0.6 is 0 Å². The molecule has 0 spiro atoms. The minimum absolute atomic E-state index is 0.0000530. The lowest BCUT2D eigenvalue weighted by atomic mass is 10.0. The van der Waals surface area contributed by atoms with Crippen LogP contribution in [0, 0.1) is 10.1 Å². The Bertz CT molecular complexity index is 547. The Morgan fingerprint density at radius 1 is 1.48 bits per heavy atom. The number of nitro groups is 1. The second-order valence-electron chi connectivity index (χ2n) is 4.93. The van der Waals surface area contributed by atoms with Gasteiger partial charge in [-0.15, -0.1) is 0 Å². The lowest BCUT2D eigenvalue weighted by molar-refractivity contribution is -0.384. The average Bonchev–Trinajstić information content (AvgIpc) is 2.91. The maximum atomic E-state index is 11.6. The van der Waals surface area contributed by atoms with Gasteiger partial charge >= 0.3 is 0 Å². The minimum atomic E-state index is -0.989. The van der Waals surface area contributed by atoms with Crippen molar-refractivity contribution in [2.24, 2.45) is 0 Å². The molecule has 1 fully saturated rings. The molecule has 7 nitrogen and oxygen atoms in total. The summed E-state index contributed by atoms with van der Waals surface area (Å²) in [7, 11) is 0. The average molecular weight is 292 g/mol. The van der Waals surface area contributed by atoms with Crippen molar-refractivity contribution in [3.63, 3.8) is 0 Å². The smallest absolute Gasteiger partial charge is 0.269 e. The Hall–Kier alpha value is -2.25. The van der Waals surface area contributed by atoms with Crippen molar-refractivity contribution in [3.05, 3.63) is 46.0 Å². The zero-order valence-electron chi connectivity index (χ0n) is 11.3. The number of nitro benzene ring substituents is 1. The number of carbonyl (C=O) groups excluding carboxylic acids is 1. The Labute approximate surface area is 121 Å². The molecule has 1 aromatic rings. The SMILES string of the molecule is O=C(/C=C/c1ccc([N+](=O)[O-])cc1)NCC1(O)CCOC1. The van der Waals surface area contributed by atoms with Gasteiger partial charge in [0.05, 0.1) is 11.5 Å². The molecule has 1 aliphatic rings. The molecule has 0 aliphatic carbocycles. The number of ether oxygens (including phenoxy) is 1. The number of hydrogen-bond acceptors (Lipinski definition) is 5. The van der Waals surface area contributed by atoms with Gasteiger partial charge in [-0.05, 0) is 23.8 Å². The molecule has 7 heteroatoms. The van der Waals surface area contributed by atoms with Crippen LogP contribution in [0.2, 0.25) is 0 Å². The fourth-order valence-electron chi connectivity index (χ4n) is 1.93. The second-order valence-corrected chi connectivity index (χ2v) is 4.93. The number of rotatable bonds is 5. The topological polar surface area (TPSA) is 102 Å². The number of nitrogens with zero attached hydrogens (tertiary/aromatic N) is 1. The molecule has 1 unspecified atom stereocenters. The molecule has 1 heterocycles. The van der Waals surface area contributed by atoms with Gasteiger partial charge < -0.3 is 15.2 Å². The van der Waals surface area contributed by atoms with Gasteiger partial charge in [0.15, 0.2) is 0 Å². The van der Waals surface area contributed by atoms with E-state index in [2.05, 4.69) is 5.32 Å². The van der Waals surface area contributed by atoms with E-state index in [0.717, 1.165) is 0 Å². The fourth-order valence-corrected chi connectivity index (χ4v) is 1.93. The highest BCUT2D eigenvalue weighted by Gasteiger charge is 2.32. The van der Waals surface area contributed by atoms with Crippen LogP contribution in [0.25, 0.3) is 6.08 Å². The summed E-state index contributed by atoms with van der Waals surface area (Å²) >= 11 is 0. The Kier molecular flexibility index (Phi) is 4.66. The molecule has 2 N–H and O–H groups in total. The highest BCUT2D eigenvalue weighted by Crippen LogP contribution is 2.17. The van der Waals surface area contributed by atoms with E-state index in [1.54, 1.807) is 18.2 Å². The molecule has 0 bridgehead atoms. The number of hydrogen-bond donors (Lipinski definition) is 2. The second kappa shape index (κ2) is 6.47. The summed E-state index contributed by atoms with van der Waals surface area (Å²) in [5.41, 5.74) is -0.310. The normalized spacial score (nSPS) is 21.6. The summed E-state index contributed by atoms with van der Waals surface area (Å²) in [6, 6.07) is 5.85. The van der Waals surface area contributed by atoms with E-state index >= 15 is 0 Å². The van der Waals surface area contributed by atoms with Crippen molar-refractivity contribution in [3.8, 4) is 0 Å². The van der Waals surface area contributed by atoms with E-state index in [9.17, 15) is 20.0 Å². The third-order valence-corrected chi connectivity index (χ3v) is 3.21. The first-order valence-corrected chi connectivity index (χ1v) is 6.49. The summed E-state index contributed by atoms with van der Waals surface area (Å²) in [5, 5.41) is 23.1. The Balaban J connectivity index is 1.85. The van der Waals surface area contributed by atoms with Crippen molar-refractivity contribution in [1.29, 1.82) is 0 Å². The predicted molar refractivity (Wildman–Crippen MR) is 75.5 cm³/mol. The molecule has 21 heavy (non-hydrogen) atoms. The zero-order valence-corrected chi connectivity index (χ0v) is 11.3. The first kappa shape index (κ1) is 15.1. The molecule has 1 aliphatic heterocycles. The molecule has 1 aromatic carbocycles. The predicted octanol–water partition coefficient (Wildman–Crippen LogP) is 0.876. The van der Waals surface area contributed by atoms with Crippen LogP contribution in [-0.2, 0) is 9.53 Å². The van der Waals surface area contributed by atoms with Crippen molar-refractivity contribution >= 4 is 17.7 Å². The van der Waals surface area contributed by atoms with E-state index in [4.69, 9.17) is 4.74 Å². The third-order valence-electron chi connectivity index (χ3n) is 3.21. The van der Waals surface area contributed by atoms with E-state index in [0.29, 0.717) is 18.6 Å². The van der Waals surface area contributed by atoms with E-state index in [1.165, 1.54) is 18.2 Å². The zero-order chi connectivity index (χ0) is 15.3. The van der Waals surface area contributed by atoms with Crippen LogP contribution in [0.15, 0.2) is 30.3 Å². The highest BCUT2D eigenvalue weighted by molar-refractivity contribution is 5.91. The maximum Gasteiger partial charge on any atom is 0.269 e. The lowest BCUT2D eigenvalue weighted by Gasteiger charge is -2.19. The van der Waals surface area contributed by atoms with Gasteiger partial charge in [0.1, 0.15) is 5.60 Å². The number of non-ortho nitro benzene ring substituents is 1. The van der Waals surface area contributed by atoms with E-state index in [-0.39, 0.29) is 24.7 Å². The van der Waals surface area contributed by atoms with Crippen LogP contribution in [0.1, 0.15) is 12.0 Å². The largest absolute Gasteiger partial charge is 0.386 e. The van der Waals surface area contributed by atoms with Crippen molar-refractivity contribution < 1.29 is 19.6 Å². The molecule has 112 valence electrons. The van der Waals surface area contributed by atoms with E-state index < -0.39 is 10.5 Å². The number of carbonyl (C=O) groups is 1. The lowest BCUT2D eigenvalue weighted by Crippen LogP contribution is -2.42. The molecule has 1 saturated heterocycles. The number of aliphatic hydroxyl groups is 1. The van der Waals surface area contributed by atoms with Gasteiger partial charge in [0, 0.05) is 37.8 Å². The molecular weight excluding hydrogens is 276 g/mol. The summed E-state index contributed by atoms with van der Waals surface area (Å²) in [4.78, 5) is 21.7. The number of benzene rings is 1. The molecule has 0 radical (unpaired) electrons. The number of amides is 1. The fraction of sp³-hybridized carbons (Fsp3) is 0.357. The quantitative estimate of drug-likeness (QED) is 0.476. The van der Waals surface area contributed by atoms with Crippen LogP contribution in [-0.4, -0.2) is 41.3 Å². The minimum Gasteiger partial charge on any atom is -0.386 e. The van der Waals surface area contributed by atoms with Crippen LogP contribution in [0.4, 0.5) is 5.69 Å². The van der Waals surface area contributed by atoms with Gasteiger partial charge in [-0.1, -0.05) is 0 Å². The monoisotopic (exact) mass is 292 g/mol. The van der Waals surface area contributed by atoms with Crippen molar-refractivity contribution in [1.82, 2.24) is 5.32 Å². The molecule has 0 saturated carbocycles. The molecular formula is C14H16N2O5. The Morgan fingerprint density at radius 2 is 2.19 bits per heavy atom. The maximum absolute atomic E-state index is 11.6. The first-order chi connectivity index (χ1) is 9.98. The van der Waals surface area contributed by atoms with Gasteiger partial charge in [-0.3, -0.25) is 14.9 Å². The first-order valence-electron chi connectivity index (χ1n) is 6.49. The molecule has 0 aromatic heterocycles. The number of nitrogens with one attached hydrogen (secondary N) is 1. The van der Waals surface area contributed by atoms with Gasteiger partial charge in [0.25, 0.3) is 5.69 Å². The van der Waals surface area contributed by atoms with Gasteiger partial charge in [-0.2, -0.15) is 0 Å². The summed E-state index contributed by atoms with van der Waals surface area (Å²) in [6.07, 6.45) is 3.37.